The van der Waals surface area contributed by atoms with Gasteiger partial charge in [0, 0.05) is 25.7 Å². The van der Waals surface area contributed by atoms with Crippen LogP contribution in [0.15, 0.2) is 0 Å². The van der Waals surface area contributed by atoms with Gasteiger partial charge in [0.1, 0.15) is 0 Å². The van der Waals surface area contributed by atoms with Crippen molar-refractivity contribution < 1.29 is 8.42 Å². The lowest BCUT2D eigenvalue weighted by Gasteiger charge is -2.45. The summed E-state index contributed by atoms with van der Waals surface area (Å²) in [6, 6.07) is 0.582. The number of hydrogen-bond donors (Lipinski definition) is 1. The average molecular weight is 317 g/mol. The first-order chi connectivity index (χ1) is 9.96. The van der Waals surface area contributed by atoms with Gasteiger partial charge in [0.2, 0.25) is 10.0 Å². The molecule has 2 aliphatic heterocycles. The first-order valence-electron chi connectivity index (χ1n) is 8.36. The van der Waals surface area contributed by atoms with Gasteiger partial charge in [-0.05, 0) is 58.7 Å². The Kier molecular flexibility index (Phi) is 6.05. The molecule has 124 valence electrons. The van der Waals surface area contributed by atoms with Crippen LogP contribution in [-0.4, -0.2) is 68.7 Å². The summed E-state index contributed by atoms with van der Waals surface area (Å²) in [5.41, 5.74) is 0. The largest absolute Gasteiger partial charge is 0.315 e. The first-order valence-corrected chi connectivity index (χ1v) is 9.87. The van der Waals surface area contributed by atoms with Gasteiger partial charge in [-0.1, -0.05) is 6.92 Å². The third-order valence-corrected chi connectivity index (χ3v) is 7.27. The van der Waals surface area contributed by atoms with Crippen molar-refractivity contribution in [1.29, 1.82) is 0 Å². The maximum absolute atomic E-state index is 12.7. The van der Waals surface area contributed by atoms with E-state index in [1.807, 2.05) is 6.92 Å². The maximum atomic E-state index is 12.7. The smallest absolute Gasteiger partial charge is 0.217 e. The minimum Gasteiger partial charge on any atom is -0.315 e. The first kappa shape index (κ1) is 17.2. The minimum atomic E-state index is -3.16. The molecule has 2 heterocycles. The van der Waals surface area contributed by atoms with Crippen molar-refractivity contribution in [2.45, 2.75) is 50.8 Å². The fraction of sp³-hybridized carbons (Fsp3) is 1.00. The molecule has 2 saturated heterocycles. The van der Waals surface area contributed by atoms with E-state index in [-0.39, 0.29) is 5.25 Å². The fourth-order valence-corrected chi connectivity index (χ4v) is 5.29. The second kappa shape index (κ2) is 7.40. The van der Waals surface area contributed by atoms with Crippen molar-refractivity contribution in [3.63, 3.8) is 0 Å². The second-order valence-electron chi connectivity index (χ2n) is 6.66. The van der Waals surface area contributed by atoms with Gasteiger partial charge in [-0.25, -0.2) is 12.7 Å². The quantitative estimate of drug-likeness (QED) is 0.746. The number of nitrogens with one attached hydrogen (secondary N) is 1. The molecule has 0 amide bonds. The third-order valence-electron chi connectivity index (χ3n) is 5.04. The number of hydrogen-bond acceptors (Lipinski definition) is 4. The second-order valence-corrected chi connectivity index (χ2v) is 9.01. The van der Waals surface area contributed by atoms with Crippen molar-refractivity contribution in [2.24, 2.45) is 5.92 Å². The van der Waals surface area contributed by atoms with E-state index in [1.54, 1.807) is 4.31 Å². The number of likely N-dealkylation sites (tertiary alicyclic amines) is 1. The highest BCUT2D eigenvalue weighted by Gasteiger charge is 2.39. The summed E-state index contributed by atoms with van der Waals surface area (Å²) in [6.45, 7) is 7.93. The van der Waals surface area contributed by atoms with Crippen LogP contribution in [0.25, 0.3) is 0 Å². The zero-order valence-electron chi connectivity index (χ0n) is 13.7. The molecule has 3 unspecified atom stereocenters. The van der Waals surface area contributed by atoms with E-state index < -0.39 is 10.0 Å². The summed E-state index contributed by atoms with van der Waals surface area (Å²) >= 11 is 0. The van der Waals surface area contributed by atoms with Crippen LogP contribution in [-0.2, 0) is 10.0 Å². The van der Waals surface area contributed by atoms with Gasteiger partial charge in [0.25, 0.3) is 0 Å². The van der Waals surface area contributed by atoms with Crippen molar-refractivity contribution in [1.82, 2.24) is 14.5 Å². The normalized spacial score (nSPS) is 30.0. The Morgan fingerprint density at radius 3 is 2.76 bits per heavy atom. The maximum Gasteiger partial charge on any atom is 0.217 e. The van der Waals surface area contributed by atoms with Gasteiger partial charge < -0.3 is 10.2 Å². The summed E-state index contributed by atoms with van der Waals surface area (Å²) in [6.07, 6.45) is 4.38. The Hall–Kier alpha value is -0.170. The zero-order valence-corrected chi connectivity index (χ0v) is 14.5. The molecule has 6 heteroatoms. The molecule has 2 aliphatic rings. The molecule has 2 rings (SSSR count). The van der Waals surface area contributed by atoms with Crippen molar-refractivity contribution in [2.75, 3.05) is 39.8 Å². The van der Waals surface area contributed by atoms with E-state index in [0.717, 1.165) is 32.5 Å². The lowest BCUT2D eigenvalue weighted by molar-refractivity contribution is 0.0668. The number of fused-ring (bicyclic) bond motifs is 1. The van der Waals surface area contributed by atoms with Crippen molar-refractivity contribution >= 4 is 10.0 Å². The van der Waals surface area contributed by atoms with Gasteiger partial charge >= 0.3 is 0 Å². The Bertz CT molecular complexity index is 427. The fourth-order valence-electron chi connectivity index (χ4n) is 3.69. The van der Waals surface area contributed by atoms with E-state index in [9.17, 15) is 8.42 Å². The van der Waals surface area contributed by atoms with Crippen molar-refractivity contribution in [3.8, 4) is 0 Å². The summed E-state index contributed by atoms with van der Waals surface area (Å²) in [5, 5.41) is 2.90. The predicted molar refractivity (Wildman–Crippen MR) is 86.9 cm³/mol. The summed E-state index contributed by atoms with van der Waals surface area (Å²) in [7, 11) is -0.979. The SMILES string of the molecule is CCCNCC(C)S(=O)(=O)N1CCC2C(CCCN2C)C1. The molecule has 0 saturated carbocycles. The zero-order chi connectivity index (χ0) is 15.5. The topological polar surface area (TPSA) is 52.7 Å². The van der Waals surface area contributed by atoms with Gasteiger partial charge in [-0.3, -0.25) is 0 Å². The summed E-state index contributed by atoms with van der Waals surface area (Å²) in [4.78, 5) is 2.42. The number of nitrogens with zero attached hydrogens (tertiary/aromatic N) is 2. The molecule has 0 spiro atoms. The number of rotatable bonds is 6. The molecule has 21 heavy (non-hydrogen) atoms. The van der Waals surface area contributed by atoms with E-state index >= 15 is 0 Å². The van der Waals surface area contributed by atoms with Crippen LogP contribution in [0.5, 0.6) is 0 Å². The molecule has 2 fully saturated rings. The van der Waals surface area contributed by atoms with Gasteiger partial charge in [-0.2, -0.15) is 0 Å². The predicted octanol–water partition coefficient (Wildman–Crippen LogP) is 1.12. The van der Waals surface area contributed by atoms with Gasteiger partial charge in [0.15, 0.2) is 0 Å². The van der Waals surface area contributed by atoms with Crippen LogP contribution < -0.4 is 5.32 Å². The third kappa shape index (κ3) is 3.97. The van der Waals surface area contributed by atoms with E-state index in [1.165, 1.54) is 12.8 Å². The molecule has 0 radical (unpaired) electrons. The highest BCUT2D eigenvalue weighted by Crippen LogP contribution is 2.31. The van der Waals surface area contributed by atoms with Crippen LogP contribution >= 0.6 is 0 Å². The van der Waals surface area contributed by atoms with E-state index in [0.29, 0.717) is 25.0 Å². The Morgan fingerprint density at radius 2 is 2.05 bits per heavy atom. The average Bonchev–Trinajstić information content (AvgIpc) is 2.47. The molecule has 0 aliphatic carbocycles. The number of piperidine rings is 2. The number of sulfonamides is 1. The monoisotopic (exact) mass is 317 g/mol. The molecule has 5 nitrogen and oxygen atoms in total. The molecule has 0 aromatic rings. The molecular formula is C15H31N3O2S. The van der Waals surface area contributed by atoms with Crippen LogP contribution in [0.4, 0.5) is 0 Å². The lowest BCUT2D eigenvalue weighted by Crippen LogP contribution is -2.55. The highest BCUT2D eigenvalue weighted by atomic mass is 32.2. The van der Waals surface area contributed by atoms with Crippen LogP contribution in [0.3, 0.4) is 0 Å². The minimum absolute atomic E-state index is 0.332. The molecular weight excluding hydrogens is 286 g/mol. The molecule has 0 aromatic carbocycles. The Balaban J connectivity index is 1.95. The van der Waals surface area contributed by atoms with E-state index in [4.69, 9.17) is 0 Å². The van der Waals surface area contributed by atoms with Gasteiger partial charge in [0.05, 0.1) is 5.25 Å². The van der Waals surface area contributed by atoms with Crippen LogP contribution in [0.1, 0.15) is 39.5 Å². The summed E-state index contributed by atoms with van der Waals surface area (Å²) in [5.74, 6) is 0.517. The molecule has 0 bridgehead atoms. The molecule has 3 atom stereocenters. The highest BCUT2D eigenvalue weighted by molar-refractivity contribution is 7.89. The van der Waals surface area contributed by atoms with E-state index in [2.05, 4.69) is 24.2 Å². The Morgan fingerprint density at radius 1 is 1.29 bits per heavy atom. The van der Waals surface area contributed by atoms with Crippen molar-refractivity contribution in [3.05, 3.63) is 0 Å². The van der Waals surface area contributed by atoms with Crippen LogP contribution in [0.2, 0.25) is 0 Å². The van der Waals surface area contributed by atoms with Crippen LogP contribution in [0, 0.1) is 5.92 Å². The standard InChI is InChI=1S/C15H31N3O2S/c1-4-8-16-11-13(2)21(19,20)18-10-7-15-14(12-18)6-5-9-17(15)3/h13-16H,4-12H2,1-3H3. The van der Waals surface area contributed by atoms with Gasteiger partial charge in [-0.15, -0.1) is 0 Å². The summed E-state index contributed by atoms with van der Waals surface area (Å²) < 4.78 is 27.2. The Labute approximate surface area is 130 Å². The molecule has 1 N–H and O–H groups in total. The molecule has 0 aromatic heterocycles. The lowest BCUT2D eigenvalue weighted by atomic mass is 9.85.